The molecular weight excluding hydrogens is 212 g/mol. The quantitative estimate of drug-likeness (QED) is 0.780. The Hall–Kier alpha value is -1.18. The van der Waals surface area contributed by atoms with E-state index in [-0.39, 0.29) is 5.60 Å². The minimum Gasteiger partial charge on any atom is -0.496 e. The van der Waals surface area contributed by atoms with Gasteiger partial charge in [-0.2, -0.15) is 0 Å². The Morgan fingerprint density at radius 1 is 1.12 bits per heavy atom. The van der Waals surface area contributed by atoms with Crippen LogP contribution in [-0.4, -0.2) is 12.7 Å². The van der Waals surface area contributed by atoms with Crippen LogP contribution in [0.25, 0.3) is 0 Å². The molecule has 0 spiro atoms. The SMILES string of the molecule is CCC(C)(C)Oc1cc(C)c(OC)c(C)c1C. The van der Waals surface area contributed by atoms with Gasteiger partial charge in [-0.15, -0.1) is 0 Å². The van der Waals surface area contributed by atoms with E-state index in [2.05, 4.69) is 47.6 Å². The van der Waals surface area contributed by atoms with Crippen LogP contribution >= 0.6 is 0 Å². The molecule has 0 saturated heterocycles. The molecule has 1 rings (SSSR count). The lowest BCUT2D eigenvalue weighted by Crippen LogP contribution is -2.27. The van der Waals surface area contributed by atoms with Gasteiger partial charge in [0.15, 0.2) is 0 Å². The maximum absolute atomic E-state index is 6.09. The zero-order valence-corrected chi connectivity index (χ0v) is 12.1. The normalized spacial score (nSPS) is 11.5. The van der Waals surface area contributed by atoms with Gasteiger partial charge in [-0.25, -0.2) is 0 Å². The molecule has 0 saturated carbocycles. The Morgan fingerprint density at radius 3 is 2.18 bits per heavy atom. The van der Waals surface area contributed by atoms with Gasteiger partial charge in [0.25, 0.3) is 0 Å². The van der Waals surface area contributed by atoms with Crippen molar-refractivity contribution in [2.45, 2.75) is 53.6 Å². The van der Waals surface area contributed by atoms with Gasteiger partial charge in [0.05, 0.1) is 7.11 Å². The highest BCUT2D eigenvalue weighted by molar-refractivity contribution is 5.52. The van der Waals surface area contributed by atoms with Crippen molar-refractivity contribution in [2.24, 2.45) is 0 Å². The highest BCUT2D eigenvalue weighted by Gasteiger charge is 2.20. The van der Waals surface area contributed by atoms with Crippen molar-refractivity contribution in [2.75, 3.05) is 7.11 Å². The first-order valence-electron chi connectivity index (χ1n) is 6.16. The molecule has 0 aliphatic rings. The Labute approximate surface area is 105 Å². The summed E-state index contributed by atoms with van der Waals surface area (Å²) in [7, 11) is 1.71. The van der Waals surface area contributed by atoms with Crippen molar-refractivity contribution in [3.8, 4) is 11.5 Å². The summed E-state index contributed by atoms with van der Waals surface area (Å²) >= 11 is 0. The van der Waals surface area contributed by atoms with Crippen LogP contribution in [0, 0.1) is 20.8 Å². The van der Waals surface area contributed by atoms with Gasteiger partial charge in [-0.3, -0.25) is 0 Å². The van der Waals surface area contributed by atoms with Crippen molar-refractivity contribution >= 4 is 0 Å². The lowest BCUT2D eigenvalue weighted by molar-refractivity contribution is 0.104. The number of rotatable bonds is 4. The molecule has 1 aromatic carbocycles. The second-order valence-corrected chi connectivity index (χ2v) is 5.19. The first-order chi connectivity index (χ1) is 7.82. The second-order valence-electron chi connectivity index (χ2n) is 5.19. The largest absolute Gasteiger partial charge is 0.496 e. The highest BCUT2D eigenvalue weighted by Crippen LogP contribution is 2.34. The smallest absolute Gasteiger partial charge is 0.125 e. The molecule has 0 aliphatic carbocycles. The average Bonchev–Trinajstić information content (AvgIpc) is 2.26. The number of methoxy groups -OCH3 is 1. The molecule has 96 valence electrons. The Bertz CT molecular complexity index is 406. The molecule has 0 radical (unpaired) electrons. The van der Waals surface area contributed by atoms with Crippen LogP contribution in [0.2, 0.25) is 0 Å². The molecule has 0 unspecified atom stereocenters. The van der Waals surface area contributed by atoms with E-state index in [4.69, 9.17) is 9.47 Å². The molecule has 17 heavy (non-hydrogen) atoms. The second kappa shape index (κ2) is 4.99. The van der Waals surface area contributed by atoms with E-state index in [1.807, 2.05) is 0 Å². The maximum atomic E-state index is 6.09. The average molecular weight is 236 g/mol. The molecule has 0 N–H and O–H groups in total. The van der Waals surface area contributed by atoms with Crippen LogP contribution in [0.3, 0.4) is 0 Å². The number of benzene rings is 1. The van der Waals surface area contributed by atoms with Crippen LogP contribution in [0.4, 0.5) is 0 Å². The first kappa shape index (κ1) is 13.9. The highest BCUT2D eigenvalue weighted by atomic mass is 16.5. The van der Waals surface area contributed by atoms with Gasteiger partial charge < -0.3 is 9.47 Å². The van der Waals surface area contributed by atoms with Gasteiger partial charge in [-0.05, 0) is 63.8 Å². The lowest BCUT2D eigenvalue weighted by atomic mass is 10.0. The maximum Gasteiger partial charge on any atom is 0.125 e. The van der Waals surface area contributed by atoms with Crippen molar-refractivity contribution in [1.82, 2.24) is 0 Å². The predicted molar refractivity (Wildman–Crippen MR) is 72.2 cm³/mol. The fourth-order valence-corrected chi connectivity index (χ4v) is 1.81. The molecule has 2 heteroatoms. The zero-order valence-electron chi connectivity index (χ0n) is 12.1. The summed E-state index contributed by atoms with van der Waals surface area (Å²) in [5.74, 6) is 1.93. The van der Waals surface area contributed by atoms with Crippen LogP contribution < -0.4 is 9.47 Å². The molecular formula is C15H24O2. The first-order valence-corrected chi connectivity index (χ1v) is 6.16. The summed E-state index contributed by atoms with van der Waals surface area (Å²) in [5, 5.41) is 0. The lowest BCUT2D eigenvalue weighted by Gasteiger charge is -2.27. The Balaban J connectivity index is 3.19. The van der Waals surface area contributed by atoms with Crippen LogP contribution in [0.5, 0.6) is 11.5 Å². The van der Waals surface area contributed by atoms with Crippen molar-refractivity contribution in [1.29, 1.82) is 0 Å². The molecule has 0 heterocycles. The molecule has 2 nitrogen and oxygen atoms in total. The molecule has 0 fully saturated rings. The Kier molecular flexibility index (Phi) is 4.07. The third-order valence-electron chi connectivity index (χ3n) is 3.42. The van der Waals surface area contributed by atoms with E-state index in [0.29, 0.717) is 0 Å². The summed E-state index contributed by atoms with van der Waals surface area (Å²) in [6.07, 6.45) is 0.983. The van der Waals surface area contributed by atoms with Gasteiger partial charge in [0.2, 0.25) is 0 Å². The minimum atomic E-state index is -0.127. The monoisotopic (exact) mass is 236 g/mol. The predicted octanol–water partition coefficient (Wildman–Crippen LogP) is 4.19. The summed E-state index contributed by atoms with van der Waals surface area (Å²) in [4.78, 5) is 0. The van der Waals surface area contributed by atoms with E-state index in [9.17, 15) is 0 Å². The number of aryl methyl sites for hydroxylation is 1. The van der Waals surface area contributed by atoms with Gasteiger partial charge in [0, 0.05) is 0 Å². The van der Waals surface area contributed by atoms with Crippen LogP contribution in [-0.2, 0) is 0 Å². The van der Waals surface area contributed by atoms with E-state index in [0.717, 1.165) is 34.6 Å². The summed E-state index contributed by atoms with van der Waals surface area (Å²) < 4.78 is 11.5. The molecule has 0 atom stereocenters. The molecule has 0 aromatic heterocycles. The van der Waals surface area contributed by atoms with Crippen molar-refractivity contribution < 1.29 is 9.47 Å². The molecule has 0 bridgehead atoms. The summed E-state index contributed by atoms with van der Waals surface area (Å²) in [6.45, 7) is 12.6. The van der Waals surface area contributed by atoms with Gasteiger partial charge >= 0.3 is 0 Å². The van der Waals surface area contributed by atoms with E-state index in [1.54, 1.807) is 7.11 Å². The fourth-order valence-electron chi connectivity index (χ4n) is 1.81. The third kappa shape index (κ3) is 2.93. The molecule has 1 aromatic rings. The Morgan fingerprint density at radius 2 is 1.71 bits per heavy atom. The summed E-state index contributed by atoms with van der Waals surface area (Å²) in [5.41, 5.74) is 3.32. The van der Waals surface area contributed by atoms with Crippen molar-refractivity contribution in [3.05, 3.63) is 22.8 Å². The van der Waals surface area contributed by atoms with Gasteiger partial charge in [-0.1, -0.05) is 6.92 Å². The summed E-state index contributed by atoms with van der Waals surface area (Å²) in [6, 6.07) is 2.07. The van der Waals surface area contributed by atoms with E-state index in [1.165, 1.54) is 0 Å². The third-order valence-corrected chi connectivity index (χ3v) is 3.42. The fraction of sp³-hybridized carbons (Fsp3) is 0.600. The standard InChI is InChI=1S/C15H24O2/c1-8-15(5,6)17-13-9-10(2)14(16-7)12(4)11(13)3/h9H,8H2,1-7H3. The number of hydrogen-bond acceptors (Lipinski definition) is 2. The van der Waals surface area contributed by atoms with Crippen LogP contribution in [0.1, 0.15) is 43.9 Å². The zero-order chi connectivity index (χ0) is 13.2. The number of hydrogen-bond donors (Lipinski definition) is 0. The molecule has 0 aliphatic heterocycles. The molecule has 0 amide bonds. The van der Waals surface area contributed by atoms with Gasteiger partial charge in [0.1, 0.15) is 17.1 Å². The van der Waals surface area contributed by atoms with E-state index >= 15 is 0 Å². The number of ether oxygens (including phenoxy) is 2. The topological polar surface area (TPSA) is 18.5 Å². The van der Waals surface area contributed by atoms with Crippen LogP contribution in [0.15, 0.2) is 6.07 Å². The van der Waals surface area contributed by atoms with E-state index < -0.39 is 0 Å². The van der Waals surface area contributed by atoms with Crippen molar-refractivity contribution in [3.63, 3.8) is 0 Å². The minimum absolute atomic E-state index is 0.127.